The Hall–Kier alpha value is -2.11. The van der Waals surface area contributed by atoms with E-state index in [4.69, 9.17) is 11.6 Å². The average Bonchev–Trinajstić information content (AvgIpc) is 2.64. The molecule has 6 heteroatoms. The van der Waals surface area contributed by atoms with Crippen LogP contribution in [0.3, 0.4) is 0 Å². The van der Waals surface area contributed by atoms with Gasteiger partial charge in [0.2, 0.25) is 0 Å². The molecule has 4 rings (SSSR count). The predicted molar refractivity (Wildman–Crippen MR) is 109 cm³/mol. The monoisotopic (exact) mass is 402 g/mol. The number of anilines is 1. The maximum atomic E-state index is 13.2. The van der Waals surface area contributed by atoms with Gasteiger partial charge in [-0.2, -0.15) is 0 Å². The Morgan fingerprint density at radius 1 is 1.11 bits per heavy atom. The summed E-state index contributed by atoms with van der Waals surface area (Å²) in [4.78, 5) is 14.0. The quantitative estimate of drug-likeness (QED) is 0.716. The number of piperidine rings is 2. The van der Waals surface area contributed by atoms with Crippen molar-refractivity contribution in [2.45, 2.75) is 56.8 Å². The molecule has 2 aliphatic heterocycles. The summed E-state index contributed by atoms with van der Waals surface area (Å²) in [5.74, 6) is -0.187. The SMILES string of the molecule is O=C(Nc1cccc(Cl)c1)NC1C[C@H]2CCC[C@H](C1)[NH+]2Cc1ccc(F)cc1. The summed E-state index contributed by atoms with van der Waals surface area (Å²) in [6, 6.07) is 15.1. The Bertz CT molecular complexity index is 815. The van der Waals surface area contributed by atoms with Gasteiger partial charge in [-0.15, -0.1) is 0 Å². The molecule has 2 fully saturated rings. The van der Waals surface area contributed by atoms with Gasteiger partial charge in [-0.05, 0) is 49.6 Å². The molecule has 2 aromatic rings. The molecule has 2 bridgehead atoms. The second-order valence-corrected chi connectivity index (χ2v) is 8.42. The second kappa shape index (κ2) is 8.50. The van der Waals surface area contributed by atoms with Crippen LogP contribution in [0.5, 0.6) is 0 Å². The van der Waals surface area contributed by atoms with Crippen LogP contribution in [0.1, 0.15) is 37.7 Å². The van der Waals surface area contributed by atoms with Crippen molar-refractivity contribution in [3.05, 3.63) is 64.9 Å². The number of carbonyl (C=O) groups excluding carboxylic acids is 1. The zero-order valence-corrected chi connectivity index (χ0v) is 16.5. The summed E-state index contributed by atoms with van der Waals surface area (Å²) in [7, 11) is 0. The number of nitrogens with one attached hydrogen (secondary N) is 3. The molecule has 148 valence electrons. The highest BCUT2D eigenvalue weighted by Crippen LogP contribution is 2.23. The first kappa shape index (κ1) is 19.2. The highest BCUT2D eigenvalue weighted by Gasteiger charge is 2.42. The fraction of sp³-hybridized carbons (Fsp3) is 0.409. The van der Waals surface area contributed by atoms with Crippen LogP contribution >= 0.6 is 11.6 Å². The molecule has 0 radical (unpaired) electrons. The van der Waals surface area contributed by atoms with Gasteiger partial charge in [0, 0.05) is 35.2 Å². The van der Waals surface area contributed by atoms with Gasteiger partial charge in [0.15, 0.2) is 0 Å². The lowest BCUT2D eigenvalue weighted by atomic mass is 9.81. The van der Waals surface area contributed by atoms with E-state index in [0.717, 1.165) is 19.4 Å². The van der Waals surface area contributed by atoms with Crippen LogP contribution in [0.2, 0.25) is 5.02 Å². The zero-order valence-electron chi connectivity index (χ0n) is 15.8. The number of urea groups is 1. The van der Waals surface area contributed by atoms with Gasteiger partial charge >= 0.3 is 6.03 Å². The molecule has 0 aliphatic carbocycles. The van der Waals surface area contributed by atoms with Gasteiger partial charge in [0.25, 0.3) is 0 Å². The third-order valence-corrected chi connectivity index (χ3v) is 6.27. The summed E-state index contributed by atoms with van der Waals surface area (Å²) in [5.41, 5.74) is 1.88. The number of halogens is 2. The van der Waals surface area contributed by atoms with Crippen molar-refractivity contribution >= 4 is 23.3 Å². The third kappa shape index (κ3) is 4.65. The van der Waals surface area contributed by atoms with Crippen LogP contribution in [0, 0.1) is 5.82 Å². The molecular formula is C22H26ClFN3O+. The first-order chi connectivity index (χ1) is 13.6. The molecule has 2 aliphatic rings. The minimum Gasteiger partial charge on any atom is -0.335 e. The lowest BCUT2D eigenvalue weighted by Crippen LogP contribution is -3.20. The molecule has 28 heavy (non-hydrogen) atoms. The van der Waals surface area contributed by atoms with Gasteiger partial charge < -0.3 is 15.5 Å². The number of carbonyl (C=O) groups is 1. The van der Waals surface area contributed by atoms with Crippen LogP contribution in [-0.4, -0.2) is 24.2 Å². The van der Waals surface area contributed by atoms with Gasteiger partial charge in [0.05, 0.1) is 12.1 Å². The van der Waals surface area contributed by atoms with E-state index < -0.39 is 0 Å². The minimum absolute atomic E-state index is 0.174. The highest BCUT2D eigenvalue weighted by molar-refractivity contribution is 6.30. The zero-order chi connectivity index (χ0) is 19.5. The molecule has 0 aromatic heterocycles. The normalized spacial score (nSPS) is 26.5. The van der Waals surface area contributed by atoms with Crippen LogP contribution in [0.4, 0.5) is 14.9 Å². The van der Waals surface area contributed by atoms with Crippen LogP contribution < -0.4 is 15.5 Å². The first-order valence-electron chi connectivity index (χ1n) is 10.00. The molecule has 2 heterocycles. The van der Waals surface area contributed by atoms with Crippen molar-refractivity contribution in [2.24, 2.45) is 0 Å². The Kier molecular flexibility index (Phi) is 5.83. The molecule has 4 nitrogen and oxygen atoms in total. The molecule has 0 saturated carbocycles. The highest BCUT2D eigenvalue weighted by atomic mass is 35.5. The smallest absolute Gasteiger partial charge is 0.319 e. The van der Waals surface area contributed by atoms with E-state index in [2.05, 4.69) is 10.6 Å². The molecular weight excluding hydrogens is 377 g/mol. The Morgan fingerprint density at radius 3 is 2.50 bits per heavy atom. The van der Waals surface area contributed by atoms with Crippen molar-refractivity contribution in [3.63, 3.8) is 0 Å². The summed E-state index contributed by atoms with van der Waals surface area (Å²) in [6.07, 6.45) is 5.58. The summed E-state index contributed by atoms with van der Waals surface area (Å²) in [5, 5.41) is 6.63. The Labute approximate surface area is 170 Å². The topological polar surface area (TPSA) is 45.6 Å². The third-order valence-electron chi connectivity index (χ3n) is 6.03. The first-order valence-corrected chi connectivity index (χ1v) is 10.4. The fourth-order valence-electron chi connectivity index (χ4n) is 4.80. The van der Waals surface area contributed by atoms with Gasteiger partial charge in [-0.1, -0.05) is 29.8 Å². The number of hydrogen-bond donors (Lipinski definition) is 3. The lowest BCUT2D eigenvalue weighted by molar-refractivity contribution is -0.973. The lowest BCUT2D eigenvalue weighted by Gasteiger charge is -2.46. The van der Waals surface area contributed by atoms with Crippen molar-refractivity contribution in [2.75, 3.05) is 5.32 Å². The van der Waals surface area contributed by atoms with E-state index in [1.54, 1.807) is 29.2 Å². The fourth-order valence-corrected chi connectivity index (χ4v) is 4.99. The standard InChI is InChI=1S/C22H25ClFN3O/c23-16-3-1-4-18(11-16)25-22(28)26-19-12-20-5-2-6-21(13-19)27(20)14-15-7-9-17(24)10-8-15/h1,3-4,7-11,19-21H,2,5-6,12-14H2,(H2,25,26,28)/p+1/t20-,21-/m1/s1. The molecule has 0 unspecified atom stereocenters. The number of fused-ring (bicyclic) bond motifs is 2. The van der Waals surface area contributed by atoms with Gasteiger partial charge in [0.1, 0.15) is 12.4 Å². The maximum Gasteiger partial charge on any atom is 0.319 e. The number of amides is 2. The van der Waals surface area contributed by atoms with Crippen molar-refractivity contribution in [1.82, 2.24) is 5.32 Å². The van der Waals surface area contributed by atoms with E-state index in [-0.39, 0.29) is 17.9 Å². The second-order valence-electron chi connectivity index (χ2n) is 7.98. The Balaban J connectivity index is 1.36. The summed E-state index contributed by atoms with van der Waals surface area (Å²) in [6.45, 7) is 0.928. The molecule has 2 aromatic carbocycles. The van der Waals surface area contributed by atoms with Crippen LogP contribution in [0.15, 0.2) is 48.5 Å². The number of benzene rings is 2. The largest absolute Gasteiger partial charge is 0.335 e. The predicted octanol–water partition coefficient (Wildman–Crippen LogP) is 3.77. The molecule has 0 spiro atoms. The van der Waals surface area contributed by atoms with E-state index in [9.17, 15) is 9.18 Å². The average molecular weight is 403 g/mol. The molecule has 2 atom stereocenters. The van der Waals surface area contributed by atoms with Gasteiger partial charge in [-0.25, -0.2) is 9.18 Å². The molecule has 2 saturated heterocycles. The number of hydrogen-bond acceptors (Lipinski definition) is 1. The Morgan fingerprint density at radius 2 is 1.82 bits per heavy atom. The molecule has 2 amide bonds. The van der Waals surface area contributed by atoms with E-state index in [1.807, 2.05) is 24.3 Å². The van der Waals surface area contributed by atoms with Crippen LogP contribution in [-0.2, 0) is 6.54 Å². The van der Waals surface area contributed by atoms with Crippen molar-refractivity contribution in [1.29, 1.82) is 0 Å². The number of quaternary nitrogens is 1. The van der Waals surface area contributed by atoms with E-state index in [1.165, 1.54) is 24.8 Å². The van der Waals surface area contributed by atoms with E-state index >= 15 is 0 Å². The van der Waals surface area contributed by atoms with Gasteiger partial charge in [-0.3, -0.25) is 0 Å². The maximum absolute atomic E-state index is 13.2. The number of rotatable bonds is 4. The summed E-state index contributed by atoms with van der Waals surface area (Å²) >= 11 is 5.98. The summed E-state index contributed by atoms with van der Waals surface area (Å²) < 4.78 is 13.2. The molecule has 3 N–H and O–H groups in total. The van der Waals surface area contributed by atoms with Crippen molar-refractivity contribution in [3.8, 4) is 0 Å². The minimum atomic E-state index is -0.187. The van der Waals surface area contributed by atoms with Crippen LogP contribution in [0.25, 0.3) is 0 Å². The van der Waals surface area contributed by atoms with Crippen molar-refractivity contribution < 1.29 is 14.1 Å². The van der Waals surface area contributed by atoms with E-state index in [0.29, 0.717) is 22.8 Å².